The molecule has 0 aliphatic carbocycles. The molecule has 1 aliphatic heterocycles. The number of para-hydroxylation sites is 1. The third-order valence-corrected chi connectivity index (χ3v) is 4.79. The highest BCUT2D eigenvalue weighted by Crippen LogP contribution is 2.27. The number of halogens is 1. The largest absolute Gasteiger partial charge is 0.490 e. The molecule has 1 saturated heterocycles. The molecule has 6 heteroatoms. The molecule has 1 heterocycles. The first-order chi connectivity index (χ1) is 8.54. The Hall–Kier alpha value is -0.390. The van der Waals surface area contributed by atoms with Gasteiger partial charge in [0, 0.05) is 16.2 Å². The predicted octanol–water partition coefficient (Wildman–Crippen LogP) is 3.03. The molecule has 0 unspecified atom stereocenters. The smallest absolute Gasteiger partial charge is 0.236 e. The molecule has 18 heavy (non-hydrogen) atoms. The first-order valence-electron chi connectivity index (χ1n) is 5.79. The van der Waals surface area contributed by atoms with Crippen molar-refractivity contribution in [2.45, 2.75) is 24.7 Å². The lowest BCUT2D eigenvalue weighted by Crippen LogP contribution is -2.22. The number of benzene rings is 1. The molecule has 0 N–H and O–H groups in total. The van der Waals surface area contributed by atoms with Crippen LogP contribution in [0.15, 0.2) is 24.3 Å². The Kier molecular flexibility index (Phi) is 4.81. The molecule has 0 bridgehead atoms. The number of ether oxygens (including phenoxy) is 1. The summed E-state index contributed by atoms with van der Waals surface area (Å²) in [6.45, 7) is 0. The lowest BCUT2D eigenvalue weighted by Gasteiger charge is -2.23. The summed E-state index contributed by atoms with van der Waals surface area (Å²) in [6.07, 6.45) is 2.20. The van der Waals surface area contributed by atoms with Crippen LogP contribution in [0.3, 0.4) is 0 Å². The molecule has 1 aromatic rings. The SMILES string of the molecule is O=S(=O)(Cl)Cc1ccccc1OC1CCSCC1. The van der Waals surface area contributed by atoms with Crippen molar-refractivity contribution in [3.05, 3.63) is 29.8 Å². The van der Waals surface area contributed by atoms with Gasteiger partial charge in [0.05, 0.1) is 5.75 Å². The highest BCUT2D eigenvalue weighted by atomic mass is 35.7. The van der Waals surface area contributed by atoms with Gasteiger partial charge in [-0.25, -0.2) is 8.42 Å². The fraction of sp³-hybridized carbons (Fsp3) is 0.500. The van der Waals surface area contributed by atoms with Crippen LogP contribution in [0.5, 0.6) is 5.75 Å². The molecule has 0 aromatic heterocycles. The van der Waals surface area contributed by atoms with Gasteiger partial charge in [-0.1, -0.05) is 18.2 Å². The van der Waals surface area contributed by atoms with Crippen molar-refractivity contribution in [2.75, 3.05) is 11.5 Å². The highest BCUT2D eigenvalue weighted by molar-refractivity contribution is 8.13. The van der Waals surface area contributed by atoms with Gasteiger partial charge in [0.15, 0.2) is 0 Å². The van der Waals surface area contributed by atoms with Crippen LogP contribution < -0.4 is 4.74 Å². The number of rotatable bonds is 4. The summed E-state index contributed by atoms with van der Waals surface area (Å²) in [6, 6.07) is 7.18. The molecule has 1 aromatic carbocycles. The van der Waals surface area contributed by atoms with E-state index in [0.717, 1.165) is 24.3 Å². The van der Waals surface area contributed by atoms with Gasteiger partial charge in [0.25, 0.3) is 0 Å². The van der Waals surface area contributed by atoms with Crippen LogP contribution in [0.25, 0.3) is 0 Å². The van der Waals surface area contributed by atoms with Crippen LogP contribution in [0.4, 0.5) is 0 Å². The second-order valence-corrected chi connectivity index (χ2v) is 8.22. The second kappa shape index (κ2) is 6.17. The number of thioether (sulfide) groups is 1. The molecule has 100 valence electrons. The summed E-state index contributed by atoms with van der Waals surface area (Å²) in [7, 11) is 1.74. The van der Waals surface area contributed by atoms with E-state index in [-0.39, 0.29) is 11.9 Å². The predicted molar refractivity (Wildman–Crippen MR) is 75.9 cm³/mol. The maximum atomic E-state index is 11.2. The van der Waals surface area contributed by atoms with E-state index < -0.39 is 9.05 Å². The standard InChI is InChI=1S/C12H15ClO3S2/c13-18(14,15)9-10-3-1-2-4-12(10)16-11-5-7-17-8-6-11/h1-4,11H,5-9H2. The minimum Gasteiger partial charge on any atom is -0.490 e. The van der Waals surface area contributed by atoms with E-state index in [1.54, 1.807) is 18.2 Å². The Labute approximate surface area is 116 Å². The summed E-state index contributed by atoms with van der Waals surface area (Å²) in [5, 5.41) is 0. The Morgan fingerprint density at radius 2 is 1.94 bits per heavy atom. The fourth-order valence-corrected chi connectivity index (χ4v) is 3.92. The van der Waals surface area contributed by atoms with Crippen molar-refractivity contribution in [2.24, 2.45) is 0 Å². The summed E-state index contributed by atoms with van der Waals surface area (Å²) in [5.41, 5.74) is 0.630. The van der Waals surface area contributed by atoms with Crippen molar-refractivity contribution < 1.29 is 13.2 Å². The van der Waals surface area contributed by atoms with Crippen LogP contribution >= 0.6 is 22.4 Å². The molecule has 0 atom stereocenters. The number of hydrogen-bond donors (Lipinski definition) is 0. The van der Waals surface area contributed by atoms with Crippen LogP contribution in [0.1, 0.15) is 18.4 Å². The summed E-state index contributed by atoms with van der Waals surface area (Å²) in [4.78, 5) is 0. The van der Waals surface area contributed by atoms with Crippen LogP contribution in [-0.4, -0.2) is 26.0 Å². The van der Waals surface area contributed by atoms with E-state index in [4.69, 9.17) is 15.4 Å². The van der Waals surface area contributed by atoms with Gasteiger partial charge in [0.1, 0.15) is 11.9 Å². The van der Waals surface area contributed by atoms with E-state index in [1.165, 1.54) is 0 Å². The molecule has 0 radical (unpaired) electrons. The van der Waals surface area contributed by atoms with Crippen LogP contribution in [0, 0.1) is 0 Å². The Bertz CT molecular complexity index is 496. The monoisotopic (exact) mass is 306 g/mol. The highest BCUT2D eigenvalue weighted by Gasteiger charge is 2.18. The Balaban J connectivity index is 2.11. The molecule has 1 aliphatic rings. The van der Waals surface area contributed by atoms with Gasteiger partial charge in [-0.2, -0.15) is 11.8 Å². The van der Waals surface area contributed by atoms with Gasteiger partial charge >= 0.3 is 0 Å². The molecule has 0 amide bonds. The van der Waals surface area contributed by atoms with Crippen molar-refractivity contribution >= 4 is 31.5 Å². The van der Waals surface area contributed by atoms with Crippen molar-refractivity contribution in [3.63, 3.8) is 0 Å². The quantitative estimate of drug-likeness (QED) is 0.802. The topological polar surface area (TPSA) is 43.4 Å². The van der Waals surface area contributed by atoms with Gasteiger partial charge in [0.2, 0.25) is 9.05 Å². The molecule has 1 fully saturated rings. The molecule has 3 nitrogen and oxygen atoms in total. The first-order valence-corrected chi connectivity index (χ1v) is 9.42. The van der Waals surface area contributed by atoms with Crippen molar-refractivity contribution in [1.82, 2.24) is 0 Å². The molecule has 2 rings (SSSR count). The van der Waals surface area contributed by atoms with E-state index >= 15 is 0 Å². The zero-order valence-corrected chi connectivity index (χ0v) is 12.2. The van der Waals surface area contributed by atoms with E-state index in [9.17, 15) is 8.42 Å². The molecule has 0 saturated carbocycles. The molecule has 0 spiro atoms. The normalized spacial score (nSPS) is 17.6. The maximum absolute atomic E-state index is 11.2. The zero-order valence-electron chi connectivity index (χ0n) is 9.84. The van der Waals surface area contributed by atoms with E-state index in [0.29, 0.717) is 11.3 Å². The maximum Gasteiger partial charge on any atom is 0.236 e. The second-order valence-electron chi connectivity index (χ2n) is 4.22. The Morgan fingerprint density at radius 1 is 1.28 bits per heavy atom. The third-order valence-electron chi connectivity index (χ3n) is 2.76. The molecular formula is C12H15ClO3S2. The van der Waals surface area contributed by atoms with Gasteiger partial charge in [-0.3, -0.25) is 0 Å². The van der Waals surface area contributed by atoms with Crippen LogP contribution in [0.2, 0.25) is 0 Å². The average molecular weight is 307 g/mol. The van der Waals surface area contributed by atoms with Gasteiger partial charge in [-0.05, 0) is 30.4 Å². The summed E-state index contributed by atoms with van der Waals surface area (Å²) < 4.78 is 28.2. The lowest BCUT2D eigenvalue weighted by atomic mass is 10.2. The van der Waals surface area contributed by atoms with E-state index in [1.807, 2.05) is 17.8 Å². The van der Waals surface area contributed by atoms with E-state index in [2.05, 4.69) is 0 Å². The van der Waals surface area contributed by atoms with Gasteiger partial charge in [-0.15, -0.1) is 0 Å². The van der Waals surface area contributed by atoms with Crippen molar-refractivity contribution in [3.8, 4) is 5.75 Å². The average Bonchev–Trinajstić information content (AvgIpc) is 2.31. The lowest BCUT2D eigenvalue weighted by molar-refractivity contribution is 0.191. The Morgan fingerprint density at radius 3 is 2.61 bits per heavy atom. The van der Waals surface area contributed by atoms with Gasteiger partial charge < -0.3 is 4.74 Å². The number of hydrogen-bond acceptors (Lipinski definition) is 4. The third kappa shape index (κ3) is 4.37. The fourth-order valence-electron chi connectivity index (χ4n) is 1.90. The first kappa shape index (κ1) is 14.0. The minimum atomic E-state index is -3.55. The molecular weight excluding hydrogens is 292 g/mol. The van der Waals surface area contributed by atoms with Crippen molar-refractivity contribution in [1.29, 1.82) is 0 Å². The summed E-state index contributed by atoms with van der Waals surface area (Å²) >= 11 is 1.93. The minimum absolute atomic E-state index is 0.186. The zero-order chi connectivity index (χ0) is 13.0. The summed E-state index contributed by atoms with van der Waals surface area (Å²) in [5.74, 6) is 2.65. The van der Waals surface area contributed by atoms with Crippen LogP contribution in [-0.2, 0) is 14.8 Å².